The van der Waals surface area contributed by atoms with Gasteiger partial charge in [-0.15, -0.1) is 0 Å². The third-order valence-electron chi connectivity index (χ3n) is 2.45. The standard InChI is InChI=1S/C10H13BrN2/c1-7(8-4-5-8)13-10-9(11)3-2-6-12-10/h2-3,6-8H,4-5H2,1H3,(H,12,13). The van der Waals surface area contributed by atoms with Gasteiger partial charge in [0.1, 0.15) is 5.82 Å². The highest BCUT2D eigenvalue weighted by Crippen LogP contribution is 2.34. The second-order valence-corrected chi connectivity index (χ2v) is 4.46. The van der Waals surface area contributed by atoms with E-state index in [9.17, 15) is 0 Å². The van der Waals surface area contributed by atoms with Gasteiger partial charge in [-0.2, -0.15) is 0 Å². The number of hydrogen-bond acceptors (Lipinski definition) is 2. The molecule has 0 aromatic carbocycles. The topological polar surface area (TPSA) is 24.9 Å². The molecular weight excluding hydrogens is 228 g/mol. The van der Waals surface area contributed by atoms with Crippen molar-refractivity contribution < 1.29 is 0 Å². The summed E-state index contributed by atoms with van der Waals surface area (Å²) in [6.07, 6.45) is 4.53. The van der Waals surface area contributed by atoms with E-state index in [0.717, 1.165) is 16.2 Å². The minimum atomic E-state index is 0.547. The molecule has 0 amide bonds. The summed E-state index contributed by atoms with van der Waals surface area (Å²) >= 11 is 3.47. The van der Waals surface area contributed by atoms with E-state index in [2.05, 4.69) is 33.2 Å². The summed E-state index contributed by atoms with van der Waals surface area (Å²) in [6.45, 7) is 2.22. The van der Waals surface area contributed by atoms with Gasteiger partial charge < -0.3 is 5.32 Å². The van der Waals surface area contributed by atoms with Crippen LogP contribution in [0, 0.1) is 5.92 Å². The molecule has 70 valence electrons. The second kappa shape index (κ2) is 3.66. The highest BCUT2D eigenvalue weighted by Gasteiger charge is 2.28. The molecule has 3 heteroatoms. The Bertz CT molecular complexity index is 297. The molecule has 13 heavy (non-hydrogen) atoms. The van der Waals surface area contributed by atoms with Crippen molar-refractivity contribution in [2.24, 2.45) is 5.92 Å². The van der Waals surface area contributed by atoms with E-state index < -0.39 is 0 Å². The van der Waals surface area contributed by atoms with Crippen LogP contribution in [0.1, 0.15) is 19.8 Å². The maximum absolute atomic E-state index is 4.27. The van der Waals surface area contributed by atoms with Gasteiger partial charge in [0.2, 0.25) is 0 Å². The summed E-state index contributed by atoms with van der Waals surface area (Å²) < 4.78 is 1.04. The number of anilines is 1. The molecule has 1 aromatic heterocycles. The maximum Gasteiger partial charge on any atom is 0.140 e. The van der Waals surface area contributed by atoms with E-state index in [1.165, 1.54) is 12.8 Å². The number of pyridine rings is 1. The minimum absolute atomic E-state index is 0.547. The number of halogens is 1. The van der Waals surface area contributed by atoms with Gasteiger partial charge in [0.25, 0.3) is 0 Å². The normalized spacial score (nSPS) is 18.3. The SMILES string of the molecule is CC(Nc1ncccc1Br)C1CC1. The predicted molar refractivity (Wildman–Crippen MR) is 57.7 cm³/mol. The number of aromatic nitrogens is 1. The Morgan fingerprint density at radius 1 is 1.62 bits per heavy atom. The van der Waals surface area contributed by atoms with Gasteiger partial charge in [0.15, 0.2) is 0 Å². The van der Waals surface area contributed by atoms with Crippen molar-refractivity contribution >= 4 is 21.7 Å². The Labute approximate surface area is 86.9 Å². The Morgan fingerprint density at radius 3 is 3.00 bits per heavy atom. The molecule has 2 rings (SSSR count). The van der Waals surface area contributed by atoms with Crippen LogP contribution in [0.3, 0.4) is 0 Å². The molecule has 0 spiro atoms. The van der Waals surface area contributed by atoms with Crippen molar-refractivity contribution in [1.29, 1.82) is 0 Å². The van der Waals surface area contributed by atoms with Crippen LogP contribution in [0.2, 0.25) is 0 Å². The largest absolute Gasteiger partial charge is 0.366 e. The van der Waals surface area contributed by atoms with E-state index in [1.54, 1.807) is 0 Å². The molecule has 0 bridgehead atoms. The second-order valence-electron chi connectivity index (χ2n) is 3.60. The van der Waals surface area contributed by atoms with Gasteiger partial charge in [-0.25, -0.2) is 4.98 Å². The van der Waals surface area contributed by atoms with Crippen LogP contribution in [-0.4, -0.2) is 11.0 Å². The first kappa shape index (κ1) is 9.00. The summed E-state index contributed by atoms with van der Waals surface area (Å²) in [6, 6.07) is 4.48. The van der Waals surface area contributed by atoms with Crippen molar-refractivity contribution in [3.05, 3.63) is 22.8 Å². The van der Waals surface area contributed by atoms with E-state index in [4.69, 9.17) is 0 Å². The molecule has 1 aliphatic carbocycles. The van der Waals surface area contributed by atoms with Gasteiger partial charge in [0.05, 0.1) is 4.47 Å². The number of nitrogens with zero attached hydrogens (tertiary/aromatic N) is 1. The first-order valence-corrected chi connectivity index (χ1v) is 5.43. The van der Waals surface area contributed by atoms with Crippen LogP contribution in [-0.2, 0) is 0 Å². The van der Waals surface area contributed by atoms with E-state index in [0.29, 0.717) is 6.04 Å². The van der Waals surface area contributed by atoms with Crippen LogP contribution in [0.4, 0.5) is 5.82 Å². The molecule has 1 atom stereocenters. The number of nitrogens with one attached hydrogen (secondary N) is 1. The highest BCUT2D eigenvalue weighted by atomic mass is 79.9. The van der Waals surface area contributed by atoms with Crippen LogP contribution < -0.4 is 5.32 Å². The molecule has 1 unspecified atom stereocenters. The van der Waals surface area contributed by atoms with Crippen LogP contribution in [0.25, 0.3) is 0 Å². The summed E-state index contributed by atoms with van der Waals surface area (Å²) in [5, 5.41) is 3.41. The fourth-order valence-corrected chi connectivity index (χ4v) is 1.79. The minimum Gasteiger partial charge on any atom is -0.366 e. The zero-order chi connectivity index (χ0) is 9.26. The van der Waals surface area contributed by atoms with E-state index in [-0.39, 0.29) is 0 Å². The first-order chi connectivity index (χ1) is 6.27. The van der Waals surface area contributed by atoms with Gasteiger partial charge in [-0.3, -0.25) is 0 Å². The van der Waals surface area contributed by atoms with E-state index >= 15 is 0 Å². The van der Waals surface area contributed by atoms with Crippen LogP contribution in [0.15, 0.2) is 22.8 Å². The third kappa shape index (κ3) is 2.21. The number of hydrogen-bond donors (Lipinski definition) is 1. The van der Waals surface area contributed by atoms with Crippen LogP contribution >= 0.6 is 15.9 Å². The fraction of sp³-hybridized carbons (Fsp3) is 0.500. The van der Waals surface area contributed by atoms with Crippen molar-refractivity contribution in [3.63, 3.8) is 0 Å². The fourth-order valence-electron chi connectivity index (χ4n) is 1.42. The lowest BCUT2D eigenvalue weighted by atomic mass is 10.2. The molecule has 2 nitrogen and oxygen atoms in total. The average Bonchev–Trinajstić information content (AvgIpc) is 2.91. The maximum atomic E-state index is 4.27. The molecule has 1 aliphatic rings. The predicted octanol–water partition coefficient (Wildman–Crippen LogP) is 3.05. The zero-order valence-electron chi connectivity index (χ0n) is 7.63. The molecule has 0 radical (unpaired) electrons. The van der Waals surface area contributed by atoms with Gasteiger partial charge in [-0.1, -0.05) is 0 Å². The lowest BCUT2D eigenvalue weighted by Crippen LogP contribution is -2.18. The summed E-state index contributed by atoms with van der Waals surface area (Å²) in [5.41, 5.74) is 0. The summed E-state index contributed by atoms with van der Waals surface area (Å²) in [5.74, 6) is 1.82. The first-order valence-electron chi connectivity index (χ1n) is 4.64. The summed E-state index contributed by atoms with van der Waals surface area (Å²) in [4.78, 5) is 4.27. The smallest absolute Gasteiger partial charge is 0.140 e. The zero-order valence-corrected chi connectivity index (χ0v) is 9.21. The lowest BCUT2D eigenvalue weighted by molar-refractivity contribution is 0.690. The number of rotatable bonds is 3. The Morgan fingerprint density at radius 2 is 2.38 bits per heavy atom. The quantitative estimate of drug-likeness (QED) is 0.879. The highest BCUT2D eigenvalue weighted by molar-refractivity contribution is 9.10. The molecule has 1 heterocycles. The third-order valence-corrected chi connectivity index (χ3v) is 3.09. The molecule has 0 saturated heterocycles. The van der Waals surface area contributed by atoms with E-state index in [1.807, 2.05) is 18.3 Å². The van der Waals surface area contributed by atoms with Crippen molar-refractivity contribution in [2.45, 2.75) is 25.8 Å². The molecular formula is C10H13BrN2. The monoisotopic (exact) mass is 240 g/mol. The van der Waals surface area contributed by atoms with Crippen molar-refractivity contribution in [1.82, 2.24) is 4.98 Å². The van der Waals surface area contributed by atoms with Gasteiger partial charge in [0, 0.05) is 12.2 Å². The van der Waals surface area contributed by atoms with Gasteiger partial charge in [-0.05, 0) is 53.7 Å². The Hall–Kier alpha value is -0.570. The lowest BCUT2D eigenvalue weighted by Gasteiger charge is -2.14. The summed E-state index contributed by atoms with van der Waals surface area (Å²) in [7, 11) is 0. The Kier molecular flexibility index (Phi) is 2.54. The average molecular weight is 241 g/mol. The van der Waals surface area contributed by atoms with Gasteiger partial charge >= 0.3 is 0 Å². The molecule has 1 fully saturated rings. The molecule has 1 saturated carbocycles. The molecule has 1 aromatic rings. The van der Waals surface area contributed by atoms with Crippen molar-refractivity contribution in [3.8, 4) is 0 Å². The molecule has 1 N–H and O–H groups in total. The van der Waals surface area contributed by atoms with Crippen molar-refractivity contribution in [2.75, 3.05) is 5.32 Å². The van der Waals surface area contributed by atoms with Crippen LogP contribution in [0.5, 0.6) is 0 Å². The Balaban J connectivity index is 2.03. The molecule has 0 aliphatic heterocycles.